The maximum atomic E-state index is 12.7. The second-order valence-electron chi connectivity index (χ2n) is 7.58. The van der Waals surface area contributed by atoms with E-state index >= 15 is 0 Å². The van der Waals surface area contributed by atoms with Gasteiger partial charge < -0.3 is 19.8 Å². The number of nitrogens with one attached hydrogen (secondary N) is 2. The number of halogens is 1. The molecule has 0 saturated heterocycles. The molecule has 0 unspecified atom stereocenters. The molecule has 4 rings (SSSR count). The van der Waals surface area contributed by atoms with Crippen LogP contribution >= 0.6 is 11.6 Å². The highest BCUT2D eigenvalue weighted by Gasteiger charge is 2.13. The lowest BCUT2D eigenvalue weighted by molar-refractivity contribution is -0.142. The highest BCUT2D eigenvalue weighted by Crippen LogP contribution is 2.31. The summed E-state index contributed by atoms with van der Waals surface area (Å²) in [6, 6.07) is 16.1. The molecule has 4 aromatic rings. The van der Waals surface area contributed by atoms with Gasteiger partial charge in [-0.1, -0.05) is 17.7 Å². The van der Waals surface area contributed by atoms with Crippen LogP contribution in [0.3, 0.4) is 0 Å². The maximum Gasteiger partial charge on any atom is 0.343 e. The molecule has 0 radical (unpaired) electrons. The van der Waals surface area contributed by atoms with Crippen LogP contribution in [0.4, 0.5) is 5.69 Å². The minimum atomic E-state index is -0.482. The number of hydrogen-bond acceptors (Lipinski definition) is 5. The number of aromatic amines is 1. The van der Waals surface area contributed by atoms with Crippen molar-refractivity contribution in [3.63, 3.8) is 0 Å². The molecule has 33 heavy (non-hydrogen) atoms. The Bertz CT molecular complexity index is 1360. The number of imidazole rings is 1. The van der Waals surface area contributed by atoms with E-state index in [0.717, 1.165) is 11.3 Å². The first-order chi connectivity index (χ1) is 15.8. The molecule has 3 aromatic carbocycles. The number of carbonyl (C=O) groups excluding carboxylic acids is 2. The number of aryl methyl sites for hydroxylation is 2. The van der Waals surface area contributed by atoms with Crippen molar-refractivity contribution in [1.82, 2.24) is 9.97 Å². The van der Waals surface area contributed by atoms with Gasteiger partial charge >= 0.3 is 5.97 Å². The van der Waals surface area contributed by atoms with E-state index in [9.17, 15) is 9.59 Å². The molecule has 0 saturated carbocycles. The van der Waals surface area contributed by atoms with E-state index < -0.39 is 5.97 Å². The van der Waals surface area contributed by atoms with Gasteiger partial charge in [0, 0.05) is 16.8 Å². The van der Waals surface area contributed by atoms with Crippen LogP contribution in [0.5, 0.6) is 5.75 Å². The van der Waals surface area contributed by atoms with E-state index in [1.807, 2.05) is 32.0 Å². The molecule has 0 fully saturated rings. The number of benzene rings is 3. The number of anilines is 1. The SMILES string of the molecule is COC(=O)COc1ccc(-c2nc3ccc(C(=O)Nc4ccc(C)c(C)c4)cc3[nH]2)c(Cl)c1. The summed E-state index contributed by atoms with van der Waals surface area (Å²) in [5, 5.41) is 3.33. The van der Waals surface area contributed by atoms with Crippen molar-refractivity contribution in [3.05, 3.63) is 76.3 Å². The van der Waals surface area contributed by atoms with Crippen LogP contribution in [-0.4, -0.2) is 35.6 Å². The van der Waals surface area contributed by atoms with Gasteiger partial charge in [-0.3, -0.25) is 4.79 Å². The molecule has 2 N–H and O–H groups in total. The van der Waals surface area contributed by atoms with Gasteiger partial charge in [0.2, 0.25) is 0 Å². The van der Waals surface area contributed by atoms with Crippen LogP contribution in [-0.2, 0) is 9.53 Å². The fourth-order valence-electron chi connectivity index (χ4n) is 3.28. The summed E-state index contributed by atoms with van der Waals surface area (Å²) < 4.78 is 9.92. The van der Waals surface area contributed by atoms with E-state index in [0.29, 0.717) is 38.8 Å². The number of nitrogens with zero attached hydrogens (tertiary/aromatic N) is 1. The first-order valence-electron chi connectivity index (χ1n) is 10.2. The smallest absolute Gasteiger partial charge is 0.343 e. The number of aromatic nitrogens is 2. The van der Waals surface area contributed by atoms with Crippen LogP contribution in [0.25, 0.3) is 22.4 Å². The minimum Gasteiger partial charge on any atom is -0.482 e. The summed E-state index contributed by atoms with van der Waals surface area (Å²) in [6.45, 7) is 3.83. The Morgan fingerprint density at radius 2 is 1.85 bits per heavy atom. The van der Waals surface area contributed by atoms with Crippen LogP contribution in [0.2, 0.25) is 5.02 Å². The van der Waals surface area contributed by atoms with Crippen LogP contribution in [0.1, 0.15) is 21.5 Å². The predicted octanol–water partition coefficient (Wildman–Crippen LogP) is 5.30. The number of esters is 1. The number of H-pyrrole nitrogens is 1. The van der Waals surface area contributed by atoms with Gasteiger partial charge in [-0.15, -0.1) is 0 Å². The van der Waals surface area contributed by atoms with Gasteiger partial charge in [0.25, 0.3) is 5.91 Å². The number of carbonyl (C=O) groups is 2. The molecule has 7 nitrogen and oxygen atoms in total. The summed E-state index contributed by atoms with van der Waals surface area (Å²) in [5.41, 5.74) is 5.61. The topological polar surface area (TPSA) is 93.3 Å². The molecule has 1 amide bonds. The van der Waals surface area contributed by atoms with Crippen LogP contribution in [0.15, 0.2) is 54.6 Å². The lowest BCUT2D eigenvalue weighted by atomic mass is 10.1. The Morgan fingerprint density at radius 3 is 2.58 bits per heavy atom. The van der Waals surface area contributed by atoms with Gasteiger partial charge in [0.1, 0.15) is 11.6 Å². The quantitative estimate of drug-likeness (QED) is 0.378. The first kappa shape index (κ1) is 22.4. The van der Waals surface area contributed by atoms with Gasteiger partial charge in [-0.05, 0) is 73.5 Å². The van der Waals surface area contributed by atoms with Crippen molar-refractivity contribution in [3.8, 4) is 17.1 Å². The highest BCUT2D eigenvalue weighted by molar-refractivity contribution is 6.33. The molecule has 0 bridgehead atoms. The van der Waals surface area contributed by atoms with E-state index in [-0.39, 0.29) is 12.5 Å². The Morgan fingerprint density at radius 1 is 1.03 bits per heavy atom. The summed E-state index contributed by atoms with van der Waals surface area (Å²) in [7, 11) is 1.29. The lowest BCUT2D eigenvalue weighted by Gasteiger charge is -2.07. The highest BCUT2D eigenvalue weighted by atomic mass is 35.5. The van der Waals surface area contributed by atoms with Crippen molar-refractivity contribution < 1.29 is 19.1 Å². The molecular formula is C25H22ClN3O4. The van der Waals surface area contributed by atoms with Crippen molar-refractivity contribution in [2.75, 3.05) is 19.0 Å². The third kappa shape index (κ3) is 4.99. The van der Waals surface area contributed by atoms with Crippen molar-refractivity contribution in [2.45, 2.75) is 13.8 Å². The van der Waals surface area contributed by atoms with E-state index in [1.54, 1.807) is 36.4 Å². The molecule has 0 aliphatic rings. The number of hydrogen-bond donors (Lipinski definition) is 2. The van der Waals surface area contributed by atoms with E-state index in [4.69, 9.17) is 16.3 Å². The van der Waals surface area contributed by atoms with Crippen molar-refractivity contribution in [2.24, 2.45) is 0 Å². The maximum absolute atomic E-state index is 12.7. The normalized spacial score (nSPS) is 10.8. The fraction of sp³-hybridized carbons (Fsp3) is 0.160. The molecule has 8 heteroatoms. The van der Waals surface area contributed by atoms with Crippen LogP contribution in [0, 0.1) is 13.8 Å². The molecule has 1 aromatic heterocycles. The molecule has 0 atom stereocenters. The Kier molecular flexibility index (Phi) is 6.33. The summed E-state index contributed by atoms with van der Waals surface area (Å²) in [6.07, 6.45) is 0. The number of methoxy groups -OCH3 is 1. The Labute approximate surface area is 195 Å². The summed E-state index contributed by atoms with van der Waals surface area (Å²) in [5.74, 6) is 0.308. The average molecular weight is 464 g/mol. The zero-order valence-corrected chi connectivity index (χ0v) is 19.1. The molecule has 0 spiro atoms. The number of fused-ring (bicyclic) bond motifs is 1. The van der Waals surface area contributed by atoms with Gasteiger partial charge in [-0.25, -0.2) is 9.78 Å². The van der Waals surface area contributed by atoms with Crippen molar-refractivity contribution >= 4 is 40.2 Å². The number of ether oxygens (including phenoxy) is 2. The minimum absolute atomic E-state index is 0.205. The van der Waals surface area contributed by atoms with Gasteiger partial charge in [0.05, 0.1) is 23.2 Å². The number of amides is 1. The monoisotopic (exact) mass is 463 g/mol. The zero-order valence-electron chi connectivity index (χ0n) is 18.4. The third-order valence-corrected chi connectivity index (χ3v) is 5.60. The standard InChI is InChI=1S/C25H22ClN3O4/c1-14-4-6-17(10-15(14)2)27-25(31)16-5-9-21-22(11-16)29-24(28-21)19-8-7-18(12-20(19)26)33-13-23(30)32-3/h4-12H,13H2,1-3H3,(H,27,31)(H,28,29). The summed E-state index contributed by atoms with van der Waals surface area (Å²) in [4.78, 5) is 31.8. The largest absolute Gasteiger partial charge is 0.482 e. The van der Waals surface area contributed by atoms with Crippen molar-refractivity contribution in [1.29, 1.82) is 0 Å². The predicted molar refractivity (Wildman–Crippen MR) is 128 cm³/mol. The lowest BCUT2D eigenvalue weighted by Crippen LogP contribution is -2.12. The third-order valence-electron chi connectivity index (χ3n) is 5.29. The van der Waals surface area contributed by atoms with Gasteiger partial charge in [-0.2, -0.15) is 0 Å². The Balaban J connectivity index is 1.54. The Hall–Kier alpha value is -3.84. The van der Waals surface area contributed by atoms with Gasteiger partial charge in [0.15, 0.2) is 6.61 Å². The van der Waals surface area contributed by atoms with Crippen LogP contribution < -0.4 is 10.1 Å². The van der Waals surface area contributed by atoms with E-state index in [1.165, 1.54) is 12.7 Å². The average Bonchev–Trinajstić information content (AvgIpc) is 3.22. The summed E-state index contributed by atoms with van der Waals surface area (Å²) >= 11 is 6.42. The molecule has 1 heterocycles. The molecular weight excluding hydrogens is 442 g/mol. The second kappa shape index (κ2) is 9.34. The second-order valence-corrected chi connectivity index (χ2v) is 7.98. The van der Waals surface area contributed by atoms with E-state index in [2.05, 4.69) is 20.0 Å². The zero-order chi connectivity index (χ0) is 23.5. The fourth-order valence-corrected chi connectivity index (χ4v) is 3.54. The first-order valence-corrected chi connectivity index (χ1v) is 10.6. The molecule has 0 aliphatic carbocycles. The molecule has 168 valence electrons. The molecule has 0 aliphatic heterocycles. The number of rotatable bonds is 6.